The predicted octanol–water partition coefficient (Wildman–Crippen LogP) is 3.59. The van der Waals surface area contributed by atoms with Gasteiger partial charge in [-0.25, -0.2) is 4.98 Å². The average molecular weight is 434 g/mol. The number of piperidine rings is 1. The molecule has 2 fully saturated rings. The van der Waals surface area contributed by atoms with E-state index in [-0.39, 0.29) is 6.04 Å². The topological polar surface area (TPSA) is 82.2 Å². The molecule has 0 radical (unpaired) electrons. The Hall–Kier alpha value is -2.87. The van der Waals surface area contributed by atoms with Crippen LogP contribution in [0.4, 0.5) is 17.5 Å². The molecule has 0 unspecified atom stereocenters. The third kappa shape index (κ3) is 3.28. The van der Waals surface area contributed by atoms with Crippen LogP contribution < -0.4 is 15.1 Å². The van der Waals surface area contributed by atoms with Crippen LogP contribution in [0, 0.1) is 0 Å². The van der Waals surface area contributed by atoms with E-state index in [9.17, 15) is 0 Å². The molecule has 2 N–H and O–H groups in total. The molecule has 0 spiro atoms. The van der Waals surface area contributed by atoms with Crippen LogP contribution in [0.2, 0.25) is 0 Å². The highest BCUT2D eigenvalue weighted by Gasteiger charge is 2.29. The van der Waals surface area contributed by atoms with Gasteiger partial charge in [0.2, 0.25) is 5.95 Å². The molecule has 8 heteroatoms. The second-order valence-corrected chi connectivity index (χ2v) is 9.29. The lowest BCUT2D eigenvalue weighted by atomic mass is 10.0. The van der Waals surface area contributed by atoms with E-state index in [1.165, 1.54) is 30.5 Å². The molecule has 2 saturated heterocycles. The fourth-order valence-corrected chi connectivity index (χ4v) is 5.33. The van der Waals surface area contributed by atoms with E-state index in [1.54, 1.807) is 0 Å². The zero-order valence-corrected chi connectivity index (χ0v) is 18.9. The molecule has 1 aromatic carbocycles. The van der Waals surface area contributed by atoms with Crippen LogP contribution in [0.25, 0.3) is 22.6 Å². The fraction of sp³-hybridized carbons (Fsp3) is 0.542. The second kappa shape index (κ2) is 7.92. The van der Waals surface area contributed by atoms with Gasteiger partial charge in [0.15, 0.2) is 17.0 Å². The van der Waals surface area contributed by atoms with Crippen molar-refractivity contribution < 1.29 is 4.74 Å². The van der Waals surface area contributed by atoms with Gasteiger partial charge in [-0.05, 0) is 51.2 Å². The highest BCUT2D eigenvalue weighted by atomic mass is 16.5. The number of rotatable bonds is 3. The van der Waals surface area contributed by atoms with E-state index in [0.717, 1.165) is 60.4 Å². The molecule has 2 atom stereocenters. The Balaban J connectivity index is 1.51. The Morgan fingerprint density at radius 2 is 1.97 bits per heavy atom. The standard InChI is InChI=1S/C24H31N7O/c1-15-6-3-4-11-31(15)24-28-22-20(23(29-24)30-12-13-32-14-16(30)2)26-21(27-22)18-7-5-8-19-17(18)9-10-25-19/h5,7-8,15-16,25H,3-4,6,9-14H2,1-2H3,(H,26,27,28,29)/t15-,16+/m0/s1. The summed E-state index contributed by atoms with van der Waals surface area (Å²) >= 11 is 0. The number of aromatic nitrogens is 4. The zero-order valence-electron chi connectivity index (χ0n) is 18.9. The number of imidazole rings is 1. The van der Waals surface area contributed by atoms with Crippen molar-refractivity contribution in [1.82, 2.24) is 19.9 Å². The number of benzene rings is 1. The Morgan fingerprint density at radius 3 is 2.84 bits per heavy atom. The van der Waals surface area contributed by atoms with Gasteiger partial charge in [-0.2, -0.15) is 9.97 Å². The summed E-state index contributed by atoms with van der Waals surface area (Å²) in [6.07, 6.45) is 4.65. The second-order valence-electron chi connectivity index (χ2n) is 9.29. The number of hydrogen-bond donors (Lipinski definition) is 2. The lowest BCUT2D eigenvalue weighted by Gasteiger charge is -2.36. The number of nitrogens with one attached hydrogen (secondary N) is 2. The molecule has 3 aliphatic rings. The fourth-order valence-electron chi connectivity index (χ4n) is 5.33. The molecule has 168 valence electrons. The average Bonchev–Trinajstić information content (AvgIpc) is 3.46. The maximum absolute atomic E-state index is 5.70. The van der Waals surface area contributed by atoms with Gasteiger partial charge in [-0.1, -0.05) is 12.1 Å². The monoisotopic (exact) mass is 433 g/mol. The summed E-state index contributed by atoms with van der Waals surface area (Å²) in [5, 5.41) is 3.47. The predicted molar refractivity (Wildman–Crippen MR) is 128 cm³/mol. The number of ether oxygens (including phenoxy) is 1. The van der Waals surface area contributed by atoms with Gasteiger partial charge in [-0.3, -0.25) is 0 Å². The third-order valence-electron chi connectivity index (χ3n) is 7.14. The molecule has 5 heterocycles. The molecular weight excluding hydrogens is 402 g/mol. The van der Waals surface area contributed by atoms with Gasteiger partial charge in [0.25, 0.3) is 0 Å². The molecule has 2 aromatic heterocycles. The maximum Gasteiger partial charge on any atom is 0.229 e. The van der Waals surface area contributed by atoms with Crippen LogP contribution in [0.3, 0.4) is 0 Å². The van der Waals surface area contributed by atoms with Crippen molar-refractivity contribution in [1.29, 1.82) is 0 Å². The molecule has 0 amide bonds. The molecule has 6 rings (SSSR count). The Labute approximate surface area is 188 Å². The van der Waals surface area contributed by atoms with Gasteiger partial charge >= 0.3 is 0 Å². The highest BCUT2D eigenvalue weighted by molar-refractivity contribution is 5.88. The molecule has 8 nitrogen and oxygen atoms in total. The number of hydrogen-bond acceptors (Lipinski definition) is 7. The van der Waals surface area contributed by atoms with Crippen molar-refractivity contribution in [2.45, 2.75) is 51.6 Å². The van der Waals surface area contributed by atoms with Gasteiger partial charge in [0, 0.05) is 36.9 Å². The summed E-state index contributed by atoms with van der Waals surface area (Å²) in [6, 6.07) is 7.09. The number of fused-ring (bicyclic) bond motifs is 2. The molecule has 0 aliphatic carbocycles. The summed E-state index contributed by atoms with van der Waals surface area (Å²) in [7, 11) is 0. The zero-order chi connectivity index (χ0) is 21.7. The summed E-state index contributed by atoms with van der Waals surface area (Å²) in [4.78, 5) is 23.4. The third-order valence-corrected chi connectivity index (χ3v) is 7.14. The SMILES string of the molecule is C[C@@H]1COCCN1c1nc(N2CCCC[C@@H]2C)nc2[nH]c(-c3cccc4c3CCN4)nc12. The van der Waals surface area contributed by atoms with Crippen molar-refractivity contribution in [3.63, 3.8) is 0 Å². The van der Waals surface area contributed by atoms with Crippen molar-refractivity contribution in [3.05, 3.63) is 23.8 Å². The van der Waals surface area contributed by atoms with Crippen molar-refractivity contribution in [2.24, 2.45) is 0 Å². The molecular formula is C24H31N7O. The first kappa shape index (κ1) is 19.8. The Bertz CT molecular complexity index is 1140. The van der Waals surface area contributed by atoms with Crippen molar-refractivity contribution >= 4 is 28.6 Å². The molecule has 3 aromatic rings. The van der Waals surface area contributed by atoms with Crippen molar-refractivity contribution in [2.75, 3.05) is 48.0 Å². The minimum Gasteiger partial charge on any atom is -0.384 e. The van der Waals surface area contributed by atoms with Crippen molar-refractivity contribution in [3.8, 4) is 11.4 Å². The first-order valence-corrected chi connectivity index (χ1v) is 11.9. The number of nitrogens with zero attached hydrogens (tertiary/aromatic N) is 5. The van der Waals surface area contributed by atoms with Crippen LogP contribution in [0.15, 0.2) is 18.2 Å². The van der Waals surface area contributed by atoms with Crippen LogP contribution >= 0.6 is 0 Å². The largest absolute Gasteiger partial charge is 0.384 e. The lowest BCUT2D eigenvalue weighted by molar-refractivity contribution is 0.0986. The summed E-state index contributed by atoms with van der Waals surface area (Å²) in [6.45, 7) is 8.68. The number of aromatic amines is 1. The van der Waals surface area contributed by atoms with Gasteiger partial charge in [0.1, 0.15) is 5.82 Å². The van der Waals surface area contributed by atoms with E-state index < -0.39 is 0 Å². The Kier molecular flexibility index (Phi) is 4.90. The number of anilines is 3. The van der Waals surface area contributed by atoms with Crippen LogP contribution in [0.5, 0.6) is 0 Å². The van der Waals surface area contributed by atoms with Gasteiger partial charge < -0.3 is 24.8 Å². The minimum absolute atomic E-state index is 0.249. The van der Waals surface area contributed by atoms with E-state index in [2.05, 4.69) is 52.1 Å². The van der Waals surface area contributed by atoms with Crippen LogP contribution in [-0.2, 0) is 11.2 Å². The van der Waals surface area contributed by atoms with E-state index in [4.69, 9.17) is 19.7 Å². The van der Waals surface area contributed by atoms with E-state index >= 15 is 0 Å². The Morgan fingerprint density at radius 1 is 1.03 bits per heavy atom. The summed E-state index contributed by atoms with van der Waals surface area (Å²) in [5.74, 6) is 2.61. The minimum atomic E-state index is 0.249. The van der Waals surface area contributed by atoms with E-state index in [1.807, 2.05) is 0 Å². The maximum atomic E-state index is 5.70. The first-order chi connectivity index (χ1) is 15.7. The quantitative estimate of drug-likeness (QED) is 0.653. The van der Waals surface area contributed by atoms with Gasteiger partial charge in [-0.15, -0.1) is 0 Å². The first-order valence-electron chi connectivity index (χ1n) is 11.9. The van der Waals surface area contributed by atoms with E-state index in [0.29, 0.717) is 19.3 Å². The molecule has 3 aliphatic heterocycles. The van der Waals surface area contributed by atoms with Crippen LogP contribution in [0.1, 0.15) is 38.7 Å². The smallest absolute Gasteiger partial charge is 0.229 e. The molecule has 32 heavy (non-hydrogen) atoms. The summed E-state index contributed by atoms with van der Waals surface area (Å²) < 4.78 is 5.70. The summed E-state index contributed by atoms with van der Waals surface area (Å²) in [5.41, 5.74) is 5.36. The molecule has 0 saturated carbocycles. The van der Waals surface area contributed by atoms with Crippen LogP contribution in [-0.4, -0.2) is 64.9 Å². The molecule has 0 bridgehead atoms. The lowest BCUT2D eigenvalue weighted by Crippen LogP contribution is -2.45. The number of morpholine rings is 1. The highest BCUT2D eigenvalue weighted by Crippen LogP contribution is 2.35. The number of H-pyrrole nitrogens is 1. The van der Waals surface area contributed by atoms with Gasteiger partial charge in [0.05, 0.1) is 19.3 Å². The normalized spacial score (nSPS) is 23.4.